The molecule has 28 heavy (non-hydrogen) atoms. The van der Waals surface area contributed by atoms with Crippen LogP contribution < -0.4 is 10.2 Å². The predicted molar refractivity (Wildman–Crippen MR) is 103 cm³/mol. The lowest BCUT2D eigenvalue weighted by molar-refractivity contribution is 0.198. The average molecular weight is 402 g/mol. The van der Waals surface area contributed by atoms with Crippen LogP contribution in [0.25, 0.3) is 0 Å². The molecule has 0 aromatic carbocycles. The summed E-state index contributed by atoms with van der Waals surface area (Å²) in [6.07, 6.45) is 3.91. The average Bonchev–Trinajstić information content (AvgIpc) is 3.05. The summed E-state index contributed by atoms with van der Waals surface area (Å²) in [7, 11) is 0. The number of urea groups is 1. The molecule has 5 rings (SSSR count). The lowest BCUT2D eigenvalue weighted by Crippen LogP contribution is -2.37. The van der Waals surface area contributed by atoms with E-state index in [9.17, 15) is 9.18 Å². The molecule has 3 aliphatic rings. The highest BCUT2D eigenvalue weighted by Crippen LogP contribution is 2.54. The molecule has 8 heteroatoms. The van der Waals surface area contributed by atoms with E-state index in [4.69, 9.17) is 11.6 Å². The summed E-state index contributed by atoms with van der Waals surface area (Å²) in [4.78, 5) is 24.3. The number of fused-ring (bicyclic) bond motifs is 2. The molecule has 0 bridgehead atoms. The van der Waals surface area contributed by atoms with E-state index in [0.29, 0.717) is 48.2 Å². The molecule has 2 amide bonds. The molecule has 0 spiro atoms. The van der Waals surface area contributed by atoms with Crippen LogP contribution in [-0.4, -0.2) is 40.5 Å². The van der Waals surface area contributed by atoms with Gasteiger partial charge in [0, 0.05) is 38.4 Å². The van der Waals surface area contributed by atoms with Crippen molar-refractivity contribution >= 4 is 23.3 Å². The first-order valence-corrected chi connectivity index (χ1v) is 9.99. The Kier molecular flexibility index (Phi) is 4.34. The van der Waals surface area contributed by atoms with Crippen LogP contribution in [-0.2, 0) is 13.1 Å². The molecule has 2 aliphatic heterocycles. The Hall–Kier alpha value is -2.41. The zero-order valence-electron chi connectivity index (χ0n) is 15.3. The Bertz CT molecular complexity index is 888. The number of hydrogen-bond donors (Lipinski definition) is 1. The second-order valence-corrected chi connectivity index (χ2v) is 8.23. The fraction of sp³-hybridized carbons (Fsp3) is 0.450. The topological polar surface area (TPSA) is 61.4 Å². The van der Waals surface area contributed by atoms with E-state index in [1.54, 1.807) is 17.2 Å². The van der Waals surface area contributed by atoms with Crippen LogP contribution in [0.15, 0.2) is 30.6 Å². The van der Waals surface area contributed by atoms with Gasteiger partial charge in [-0.05, 0) is 35.8 Å². The van der Waals surface area contributed by atoms with Gasteiger partial charge >= 0.3 is 6.03 Å². The minimum atomic E-state index is -0.324. The van der Waals surface area contributed by atoms with Crippen LogP contribution >= 0.6 is 11.6 Å². The number of nitrogens with zero attached hydrogens (tertiary/aromatic N) is 4. The summed E-state index contributed by atoms with van der Waals surface area (Å²) in [6.45, 7) is 3.55. The van der Waals surface area contributed by atoms with E-state index < -0.39 is 0 Å². The molecule has 1 saturated carbocycles. The third-order valence-electron chi connectivity index (χ3n) is 6.24. The molecule has 2 aromatic heterocycles. The molecule has 2 atom stereocenters. The van der Waals surface area contributed by atoms with E-state index in [-0.39, 0.29) is 11.8 Å². The quantitative estimate of drug-likeness (QED) is 0.800. The highest BCUT2D eigenvalue weighted by atomic mass is 35.5. The van der Waals surface area contributed by atoms with Crippen molar-refractivity contribution in [1.82, 2.24) is 20.2 Å². The van der Waals surface area contributed by atoms with E-state index in [2.05, 4.69) is 20.2 Å². The van der Waals surface area contributed by atoms with Gasteiger partial charge in [0.25, 0.3) is 0 Å². The van der Waals surface area contributed by atoms with Crippen LogP contribution in [0.4, 0.5) is 14.9 Å². The lowest BCUT2D eigenvalue weighted by Gasteiger charge is -2.22. The number of aromatic nitrogens is 2. The van der Waals surface area contributed by atoms with Crippen molar-refractivity contribution in [2.45, 2.75) is 19.5 Å². The Morgan fingerprint density at radius 1 is 1.29 bits per heavy atom. The molecular weight excluding hydrogens is 381 g/mol. The van der Waals surface area contributed by atoms with Crippen LogP contribution in [0.2, 0.25) is 5.15 Å². The van der Waals surface area contributed by atoms with Crippen LogP contribution in [0, 0.1) is 23.6 Å². The minimum Gasteiger partial charge on any atom is -0.368 e. The standard InChI is InChI=1S/C20H21ClFN5O/c21-19-6-18(16(22)7-25-19)26-9-14-13(15(14)10-26)3-5-24-20(28)27-8-12-2-1-4-23-17(12)11-27/h1-2,4,6-7,13-15H,3,5,8-11H2,(H,24,28). The summed E-state index contributed by atoms with van der Waals surface area (Å²) >= 11 is 5.90. The third kappa shape index (κ3) is 3.17. The van der Waals surface area contributed by atoms with Gasteiger partial charge in [0.1, 0.15) is 5.15 Å². The van der Waals surface area contributed by atoms with Gasteiger partial charge < -0.3 is 15.1 Å². The van der Waals surface area contributed by atoms with Crippen molar-refractivity contribution in [2.24, 2.45) is 17.8 Å². The fourth-order valence-electron chi connectivity index (χ4n) is 4.72. The number of carbonyl (C=O) groups is 1. The summed E-state index contributed by atoms with van der Waals surface area (Å²) in [5.41, 5.74) is 2.65. The number of carbonyl (C=O) groups excluding carboxylic acids is 1. The second-order valence-electron chi connectivity index (χ2n) is 7.84. The van der Waals surface area contributed by atoms with Crippen molar-refractivity contribution in [1.29, 1.82) is 0 Å². The normalized spacial score (nSPS) is 24.9. The molecule has 146 valence electrons. The Morgan fingerprint density at radius 2 is 2.11 bits per heavy atom. The van der Waals surface area contributed by atoms with Gasteiger partial charge in [-0.1, -0.05) is 17.7 Å². The first-order valence-electron chi connectivity index (χ1n) is 9.61. The van der Waals surface area contributed by atoms with Gasteiger partial charge in [0.15, 0.2) is 5.82 Å². The van der Waals surface area contributed by atoms with Crippen molar-refractivity contribution in [3.8, 4) is 0 Å². The van der Waals surface area contributed by atoms with Crippen LogP contribution in [0.5, 0.6) is 0 Å². The molecule has 1 aliphatic carbocycles. The van der Waals surface area contributed by atoms with Crippen molar-refractivity contribution in [2.75, 3.05) is 24.5 Å². The molecule has 1 saturated heterocycles. The third-order valence-corrected chi connectivity index (χ3v) is 6.45. The maximum Gasteiger partial charge on any atom is 0.318 e. The van der Waals surface area contributed by atoms with Gasteiger partial charge in [-0.3, -0.25) is 4.98 Å². The molecular formula is C20H21ClFN5O. The predicted octanol–water partition coefficient (Wildman–Crippen LogP) is 3.07. The van der Waals surface area contributed by atoms with E-state index in [1.165, 1.54) is 6.20 Å². The number of anilines is 1. The van der Waals surface area contributed by atoms with E-state index >= 15 is 0 Å². The number of hydrogen-bond acceptors (Lipinski definition) is 4. The number of piperidine rings is 1. The van der Waals surface area contributed by atoms with E-state index in [1.807, 2.05) is 12.1 Å². The maximum atomic E-state index is 14.0. The number of amides is 2. The minimum absolute atomic E-state index is 0.0288. The monoisotopic (exact) mass is 401 g/mol. The van der Waals surface area contributed by atoms with Crippen LogP contribution in [0.3, 0.4) is 0 Å². The Balaban J connectivity index is 1.07. The highest BCUT2D eigenvalue weighted by molar-refractivity contribution is 6.29. The van der Waals surface area contributed by atoms with Gasteiger partial charge in [-0.15, -0.1) is 0 Å². The number of pyridine rings is 2. The smallest absolute Gasteiger partial charge is 0.318 e. The van der Waals surface area contributed by atoms with Gasteiger partial charge in [-0.25, -0.2) is 14.2 Å². The largest absolute Gasteiger partial charge is 0.368 e. The summed E-state index contributed by atoms with van der Waals surface area (Å²) in [5, 5.41) is 3.35. The number of halogens is 2. The van der Waals surface area contributed by atoms with Gasteiger partial charge in [0.2, 0.25) is 0 Å². The Morgan fingerprint density at radius 3 is 2.89 bits per heavy atom. The Labute approximate surface area is 167 Å². The van der Waals surface area contributed by atoms with Crippen molar-refractivity contribution in [3.05, 3.63) is 52.8 Å². The summed E-state index contributed by atoms with van der Waals surface area (Å²) < 4.78 is 14.0. The first kappa shape index (κ1) is 17.7. The fourth-order valence-corrected chi connectivity index (χ4v) is 4.87. The molecule has 6 nitrogen and oxygen atoms in total. The number of rotatable bonds is 4. The first-order chi connectivity index (χ1) is 13.6. The molecule has 1 N–H and O–H groups in total. The summed E-state index contributed by atoms with van der Waals surface area (Å²) in [6, 6.07) is 5.49. The zero-order chi connectivity index (χ0) is 19.3. The van der Waals surface area contributed by atoms with Gasteiger partial charge in [0.05, 0.1) is 24.1 Å². The SMILES string of the molecule is O=C(NCCC1C2CN(c3cc(Cl)ncc3F)CC12)N1Cc2cccnc2C1. The zero-order valence-corrected chi connectivity index (χ0v) is 16.1. The highest BCUT2D eigenvalue weighted by Gasteiger charge is 2.55. The molecule has 2 unspecified atom stereocenters. The molecule has 4 heterocycles. The van der Waals surface area contributed by atoms with Crippen molar-refractivity contribution < 1.29 is 9.18 Å². The summed E-state index contributed by atoms with van der Waals surface area (Å²) in [5.74, 6) is 1.43. The lowest BCUT2D eigenvalue weighted by atomic mass is 10.2. The molecule has 2 aromatic rings. The maximum absolute atomic E-state index is 14.0. The molecule has 0 radical (unpaired) electrons. The second kappa shape index (κ2) is 6.88. The van der Waals surface area contributed by atoms with E-state index in [0.717, 1.165) is 30.8 Å². The van der Waals surface area contributed by atoms with Gasteiger partial charge in [-0.2, -0.15) is 0 Å². The van der Waals surface area contributed by atoms with Crippen molar-refractivity contribution in [3.63, 3.8) is 0 Å². The number of nitrogens with one attached hydrogen (secondary N) is 1. The van der Waals surface area contributed by atoms with Crippen LogP contribution in [0.1, 0.15) is 17.7 Å². The molecule has 2 fully saturated rings.